The standard InChI is InChI=1S/C49H51ClF4N8O6/c1-47(2,3)22-38-48(25-56-34-21-37(49(52,53)54)55-23-31(34)48)40(30-7-6-8-32(50)41(30)51)42(59(38)4)44(65)57-33-12-9-26(20-36(33)68-5)45(66)61-17-15-60(16-18-61)28-10-11-29-27(19-28)24-62(46(29)67)35-13-14-39(63)58-43(35)64/h6-12,19-21,23,35,38,40,42,56H,13-18,22,24-25H2,1-5H3,(H,57,65)(H,58,63,64)/t35?,38-,40-,42+,48-/m0/s1. The molecule has 5 aliphatic rings. The number of piperidine rings is 1. The summed E-state index contributed by atoms with van der Waals surface area (Å²) in [6.07, 6.45) is -2.59. The van der Waals surface area contributed by atoms with Gasteiger partial charge in [-0.15, -0.1) is 0 Å². The maximum Gasteiger partial charge on any atom is 0.433 e. The number of carbonyl (C=O) groups excluding carboxylic acids is 5. The number of likely N-dealkylation sites (tertiary alicyclic amines) is 1. The number of imide groups is 1. The zero-order chi connectivity index (χ0) is 48.6. The molecule has 1 aromatic heterocycles. The van der Waals surface area contributed by atoms with Crippen molar-refractivity contribution in [3.8, 4) is 5.75 Å². The van der Waals surface area contributed by atoms with E-state index in [4.69, 9.17) is 16.3 Å². The summed E-state index contributed by atoms with van der Waals surface area (Å²) in [6, 6.07) is 13.5. The number of nitrogens with one attached hydrogen (secondary N) is 3. The van der Waals surface area contributed by atoms with E-state index in [0.717, 1.165) is 17.3 Å². The molecule has 0 bridgehead atoms. The molecule has 5 aliphatic heterocycles. The van der Waals surface area contributed by atoms with Crippen LogP contribution in [-0.4, -0.2) is 114 Å². The van der Waals surface area contributed by atoms with E-state index in [0.29, 0.717) is 49.3 Å². The van der Waals surface area contributed by atoms with Crippen molar-refractivity contribution in [1.82, 2.24) is 25.0 Å². The number of alkyl halides is 3. The number of hydrogen-bond acceptors (Lipinski definition) is 10. The Kier molecular flexibility index (Phi) is 12.0. The van der Waals surface area contributed by atoms with Crippen LogP contribution in [0.4, 0.5) is 34.6 Å². The molecule has 1 unspecified atom stereocenters. The van der Waals surface area contributed by atoms with E-state index in [9.17, 15) is 37.1 Å². The van der Waals surface area contributed by atoms with Crippen LogP contribution in [0.5, 0.6) is 5.75 Å². The van der Waals surface area contributed by atoms with Crippen LogP contribution < -0.4 is 25.6 Å². The van der Waals surface area contributed by atoms with Crippen LogP contribution in [0.3, 0.4) is 0 Å². The van der Waals surface area contributed by atoms with Gasteiger partial charge in [-0.1, -0.05) is 44.5 Å². The molecule has 3 N–H and O–H groups in total. The molecule has 1 spiro atoms. The first kappa shape index (κ1) is 46.8. The lowest BCUT2D eigenvalue weighted by molar-refractivity contribution is -0.141. The number of piperazine rings is 1. The largest absolute Gasteiger partial charge is 0.495 e. The number of halogens is 5. The molecule has 19 heteroatoms. The number of pyridine rings is 1. The molecule has 3 fully saturated rings. The number of hydrogen-bond donors (Lipinski definition) is 3. The number of amides is 5. The van der Waals surface area contributed by atoms with Gasteiger partial charge in [0, 0.05) is 97.3 Å². The van der Waals surface area contributed by atoms with Gasteiger partial charge >= 0.3 is 6.18 Å². The van der Waals surface area contributed by atoms with Gasteiger partial charge in [-0.05, 0) is 85.0 Å². The molecular formula is C49H51ClF4N8O6. The molecule has 6 heterocycles. The lowest BCUT2D eigenvalue weighted by Crippen LogP contribution is -2.52. The first-order chi connectivity index (χ1) is 32.2. The summed E-state index contributed by atoms with van der Waals surface area (Å²) in [5.74, 6) is -3.37. The number of anilines is 3. The summed E-state index contributed by atoms with van der Waals surface area (Å²) in [7, 11) is 3.18. The highest BCUT2D eigenvalue weighted by Crippen LogP contribution is 2.59. The maximum absolute atomic E-state index is 16.4. The monoisotopic (exact) mass is 958 g/mol. The average Bonchev–Trinajstić information content (AvgIpc) is 3.91. The number of carbonyl (C=O) groups is 5. The van der Waals surface area contributed by atoms with Crippen molar-refractivity contribution in [1.29, 1.82) is 0 Å². The van der Waals surface area contributed by atoms with Gasteiger partial charge in [0.2, 0.25) is 17.7 Å². The molecule has 5 amide bonds. The highest BCUT2D eigenvalue weighted by Gasteiger charge is 2.64. The van der Waals surface area contributed by atoms with Gasteiger partial charge in [0.15, 0.2) is 0 Å². The summed E-state index contributed by atoms with van der Waals surface area (Å²) < 4.78 is 64.0. The van der Waals surface area contributed by atoms with Gasteiger partial charge in [-0.25, -0.2) is 4.39 Å². The molecule has 3 aromatic carbocycles. The molecule has 5 atom stereocenters. The van der Waals surface area contributed by atoms with E-state index >= 15 is 4.39 Å². The van der Waals surface area contributed by atoms with E-state index in [-0.39, 0.29) is 76.8 Å². The van der Waals surface area contributed by atoms with E-state index in [2.05, 4.69) is 25.8 Å². The minimum absolute atomic E-state index is 0.0880. The first-order valence-corrected chi connectivity index (χ1v) is 22.9. The number of fused-ring (bicyclic) bond motifs is 3. The van der Waals surface area contributed by atoms with Crippen LogP contribution in [-0.2, 0) is 32.5 Å². The Morgan fingerprint density at radius 2 is 1.75 bits per heavy atom. The minimum Gasteiger partial charge on any atom is -0.495 e. The quantitative estimate of drug-likeness (QED) is 0.127. The fourth-order valence-electron chi connectivity index (χ4n) is 11.0. The van der Waals surface area contributed by atoms with Crippen molar-refractivity contribution in [2.24, 2.45) is 5.41 Å². The number of nitrogens with zero attached hydrogens (tertiary/aromatic N) is 5. The van der Waals surface area contributed by atoms with Gasteiger partial charge in [-0.2, -0.15) is 13.2 Å². The second kappa shape index (κ2) is 17.4. The molecule has 14 nitrogen and oxygen atoms in total. The van der Waals surface area contributed by atoms with Crippen molar-refractivity contribution < 1.29 is 46.3 Å². The lowest BCUT2D eigenvalue weighted by Gasteiger charge is -2.40. The van der Waals surface area contributed by atoms with Gasteiger partial charge in [0.05, 0.1) is 23.9 Å². The molecule has 4 aromatic rings. The molecule has 68 heavy (non-hydrogen) atoms. The molecule has 0 saturated carbocycles. The van der Waals surface area contributed by atoms with Crippen molar-refractivity contribution in [3.05, 3.63) is 111 Å². The number of rotatable bonds is 8. The molecule has 3 saturated heterocycles. The SMILES string of the molecule is COc1cc(C(=O)N2CCN(c3ccc4c(c3)CN(C3CCC(=O)NC3=O)C4=O)CC2)ccc1NC(=O)[C@H]1[C@H](c2cccc(Cl)c2F)[C@]2(CNc3cc(C(F)(F)F)ncc32)[C@H](CC(C)(C)C)N1C. The number of methoxy groups -OCH3 is 1. The number of aromatic nitrogens is 1. The van der Waals surface area contributed by atoms with Crippen LogP contribution in [0.1, 0.15) is 89.1 Å². The van der Waals surface area contributed by atoms with E-state index in [1.807, 2.05) is 37.8 Å². The maximum atomic E-state index is 16.4. The first-order valence-electron chi connectivity index (χ1n) is 22.5. The zero-order valence-electron chi connectivity index (χ0n) is 38.1. The Morgan fingerprint density at radius 1 is 1.00 bits per heavy atom. The van der Waals surface area contributed by atoms with Crippen LogP contribution in [0, 0.1) is 11.2 Å². The Bertz CT molecular complexity index is 2740. The Balaban J connectivity index is 0.941. The van der Waals surface area contributed by atoms with Crippen LogP contribution in [0.15, 0.2) is 66.9 Å². The lowest BCUT2D eigenvalue weighted by atomic mass is 9.63. The van der Waals surface area contributed by atoms with Gasteiger partial charge in [0.1, 0.15) is 23.3 Å². The predicted octanol–water partition coefficient (Wildman–Crippen LogP) is 6.83. The van der Waals surface area contributed by atoms with Crippen LogP contribution in [0.2, 0.25) is 5.02 Å². The fraction of sp³-hybridized carbons (Fsp3) is 0.429. The predicted molar refractivity (Wildman–Crippen MR) is 245 cm³/mol. The average molecular weight is 959 g/mol. The van der Waals surface area contributed by atoms with Crippen molar-refractivity contribution in [2.45, 2.75) is 82.2 Å². The third kappa shape index (κ3) is 8.18. The summed E-state index contributed by atoms with van der Waals surface area (Å²) >= 11 is 6.40. The second-order valence-corrected chi connectivity index (χ2v) is 19.9. The summed E-state index contributed by atoms with van der Waals surface area (Å²) in [4.78, 5) is 77.5. The molecule has 358 valence electrons. The molecule has 0 aliphatic carbocycles. The summed E-state index contributed by atoms with van der Waals surface area (Å²) in [6.45, 7) is 8.19. The minimum atomic E-state index is -4.71. The fourth-order valence-corrected chi connectivity index (χ4v) is 11.2. The summed E-state index contributed by atoms with van der Waals surface area (Å²) in [5.41, 5.74) is 0.947. The normalized spacial score (nSPS) is 24.0. The molecule has 9 rings (SSSR count). The Morgan fingerprint density at radius 3 is 2.44 bits per heavy atom. The Labute approximate surface area is 395 Å². The zero-order valence-corrected chi connectivity index (χ0v) is 38.9. The topological polar surface area (TPSA) is 157 Å². The van der Waals surface area contributed by atoms with Gasteiger partial charge < -0.3 is 30.1 Å². The van der Waals surface area contributed by atoms with E-state index in [1.165, 1.54) is 24.3 Å². The Hall–Kier alpha value is -6.27. The van der Waals surface area contributed by atoms with Gasteiger partial charge in [-0.3, -0.25) is 39.2 Å². The van der Waals surface area contributed by atoms with Gasteiger partial charge in [0.25, 0.3) is 11.8 Å². The molecular weight excluding hydrogens is 908 g/mol. The third-order valence-corrected chi connectivity index (χ3v) is 14.5. The number of likely N-dealkylation sites (N-methyl/N-ethyl adjacent to an activating group) is 1. The number of ether oxygens (including phenoxy) is 1. The summed E-state index contributed by atoms with van der Waals surface area (Å²) in [5, 5.41) is 8.32. The highest BCUT2D eigenvalue weighted by atomic mass is 35.5. The van der Waals surface area contributed by atoms with E-state index in [1.54, 1.807) is 48.3 Å². The van der Waals surface area contributed by atoms with Crippen molar-refractivity contribution in [2.75, 3.05) is 62.4 Å². The van der Waals surface area contributed by atoms with Crippen LogP contribution >= 0.6 is 11.6 Å². The molecule has 0 radical (unpaired) electrons. The third-order valence-electron chi connectivity index (χ3n) is 14.2. The smallest absolute Gasteiger partial charge is 0.433 e. The highest BCUT2D eigenvalue weighted by molar-refractivity contribution is 6.30. The van der Waals surface area contributed by atoms with Crippen molar-refractivity contribution >= 4 is 58.2 Å². The van der Waals surface area contributed by atoms with Crippen molar-refractivity contribution in [3.63, 3.8) is 0 Å². The second-order valence-electron chi connectivity index (χ2n) is 19.4. The number of benzene rings is 3. The van der Waals surface area contributed by atoms with E-state index < -0.39 is 59.0 Å². The van der Waals surface area contributed by atoms with Crippen LogP contribution in [0.25, 0.3) is 0 Å².